The molecule has 0 radical (unpaired) electrons. The highest BCUT2D eigenvalue weighted by Crippen LogP contribution is 2.03. The number of aromatic nitrogens is 2. The van der Waals surface area contributed by atoms with Crippen molar-refractivity contribution in [3.05, 3.63) is 22.6 Å². The summed E-state index contributed by atoms with van der Waals surface area (Å²) in [6, 6.07) is 1.49. The van der Waals surface area contributed by atoms with Gasteiger partial charge in [-0.3, -0.25) is 4.79 Å². The van der Waals surface area contributed by atoms with Crippen LogP contribution in [0.25, 0.3) is 0 Å². The fourth-order valence-electron chi connectivity index (χ4n) is 1.05. The molecule has 0 aliphatic carbocycles. The predicted octanol–water partition coefficient (Wildman–Crippen LogP) is 0.0651. The maximum Gasteiger partial charge on any atom is 0.268 e. The molecule has 1 heterocycles. The topological polar surface area (TPSA) is 58.4 Å². The van der Waals surface area contributed by atoms with E-state index in [1.807, 2.05) is 14.1 Å². The van der Waals surface area contributed by atoms with Crippen LogP contribution in [0, 0.1) is 0 Å². The van der Waals surface area contributed by atoms with E-state index in [0.717, 1.165) is 5.69 Å². The van der Waals surface area contributed by atoms with Crippen molar-refractivity contribution < 1.29 is 5.11 Å². The van der Waals surface area contributed by atoms with Crippen molar-refractivity contribution in [2.45, 2.75) is 12.6 Å². The molecule has 0 amide bonds. The molecule has 1 unspecified atom stereocenters. The van der Waals surface area contributed by atoms with Crippen molar-refractivity contribution in [2.75, 3.05) is 24.3 Å². The average Bonchev–Trinajstić information content (AvgIpc) is 2.20. The summed E-state index contributed by atoms with van der Waals surface area (Å²) in [5, 5.41) is 13.8. The summed E-state index contributed by atoms with van der Waals surface area (Å²) in [4.78, 5) is 13.3. The van der Waals surface area contributed by atoms with E-state index in [0.29, 0.717) is 5.33 Å². The van der Waals surface area contributed by atoms with Crippen LogP contribution >= 0.6 is 15.9 Å². The summed E-state index contributed by atoms with van der Waals surface area (Å²) in [7, 11) is 3.68. The lowest BCUT2D eigenvalue weighted by atomic mass is 10.4. The number of hydrogen-bond acceptors (Lipinski definition) is 4. The van der Waals surface area contributed by atoms with Gasteiger partial charge in [0.2, 0.25) is 0 Å². The Morgan fingerprint density at radius 3 is 2.80 bits per heavy atom. The smallest absolute Gasteiger partial charge is 0.268 e. The van der Waals surface area contributed by atoms with Gasteiger partial charge in [0.25, 0.3) is 5.56 Å². The van der Waals surface area contributed by atoms with Crippen molar-refractivity contribution >= 4 is 21.6 Å². The lowest BCUT2D eigenvalue weighted by molar-refractivity contribution is 0.172. The molecule has 0 aromatic carbocycles. The van der Waals surface area contributed by atoms with E-state index in [1.54, 1.807) is 11.1 Å². The molecule has 1 aromatic heterocycles. The first-order chi connectivity index (χ1) is 7.04. The molecule has 15 heavy (non-hydrogen) atoms. The van der Waals surface area contributed by atoms with E-state index in [-0.39, 0.29) is 12.1 Å². The lowest BCUT2D eigenvalue weighted by Crippen LogP contribution is -2.29. The molecule has 1 aromatic rings. The first-order valence-corrected chi connectivity index (χ1v) is 5.65. The Hall–Kier alpha value is -0.880. The van der Waals surface area contributed by atoms with Crippen LogP contribution in [0.5, 0.6) is 0 Å². The van der Waals surface area contributed by atoms with Crippen molar-refractivity contribution in [1.82, 2.24) is 9.78 Å². The van der Waals surface area contributed by atoms with Crippen molar-refractivity contribution in [3.63, 3.8) is 0 Å². The van der Waals surface area contributed by atoms with Crippen LogP contribution in [-0.4, -0.2) is 40.4 Å². The third kappa shape index (κ3) is 3.32. The first-order valence-electron chi connectivity index (χ1n) is 4.53. The van der Waals surface area contributed by atoms with E-state index in [4.69, 9.17) is 0 Å². The van der Waals surface area contributed by atoms with E-state index in [9.17, 15) is 9.90 Å². The molecule has 0 fully saturated rings. The molecule has 1 N–H and O–H groups in total. The zero-order chi connectivity index (χ0) is 11.4. The molecule has 6 heteroatoms. The minimum Gasteiger partial charge on any atom is -0.390 e. The Bertz CT molecular complexity index is 378. The number of aliphatic hydroxyl groups excluding tert-OH is 1. The molecule has 0 bridgehead atoms. The van der Waals surface area contributed by atoms with Crippen LogP contribution in [0.3, 0.4) is 0 Å². The standard InChI is InChI=1S/C9H14BrN3O2/c1-12(2)7-3-9(15)13(11-5-7)6-8(14)4-10/h3,5,8,14H,4,6H2,1-2H3. The fourth-order valence-corrected chi connectivity index (χ4v) is 1.26. The quantitative estimate of drug-likeness (QED) is 0.790. The van der Waals surface area contributed by atoms with Gasteiger partial charge in [-0.2, -0.15) is 5.10 Å². The van der Waals surface area contributed by atoms with Crippen molar-refractivity contribution in [2.24, 2.45) is 0 Å². The summed E-state index contributed by atoms with van der Waals surface area (Å²) in [5.74, 6) is 0. The second-order valence-electron chi connectivity index (χ2n) is 3.44. The maximum absolute atomic E-state index is 11.5. The molecule has 5 nitrogen and oxygen atoms in total. The minimum atomic E-state index is -0.597. The lowest BCUT2D eigenvalue weighted by Gasteiger charge is -2.13. The second-order valence-corrected chi connectivity index (χ2v) is 4.08. The normalized spacial score (nSPS) is 12.5. The summed E-state index contributed by atoms with van der Waals surface area (Å²) in [6.45, 7) is 0.206. The zero-order valence-electron chi connectivity index (χ0n) is 8.72. The highest BCUT2D eigenvalue weighted by molar-refractivity contribution is 9.09. The number of nitrogens with zero attached hydrogens (tertiary/aromatic N) is 3. The monoisotopic (exact) mass is 275 g/mol. The van der Waals surface area contributed by atoms with Gasteiger partial charge < -0.3 is 10.0 Å². The van der Waals surface area contributed by atoms with Gasteiger partial charge in [0.1, 0.15) is 0 Å². The molecule has 0 spiro atoms. The van der Waals surface area contributed by atoms with Crippen LogP contribution in [0.2, 0.25) is 0 Å². The molecular formula is C9H14BrN3O2. The molecule has 1 rings (SSSR count). The third-order valence-corrected chi connectivity index (χ3v) is 2.68. The maximum atomic E-state index is 11.5. The Kier molecular flexibility index (Phi) is 4.28. The van der Waals surface area contributed by atoms with E-state index < -0.39 is 6.10 Å². The first kappa shape index (κ1) is 12.2. The molecular weight excluding hydrogens is 262 g/mol. The summed E-state index contributed by atoms with van der Waals surface area (Å²) < 4.78 is 1.25. The van der Waals surface area contributed by atoms with E-state index in [2.05, 4.69) is 21.0 Å². The van der Waals surface area contributed by atoms with Gasteiger partial charge in [-0.15, -0.1) is 0 Å². The van der Waals surface area contributed by atoms with Gasteiger partial charge >= 0.3 is 0 Å². The van der Waals surface area contributed by atoms with E-state index in [1.165, 1.54) is 10.7 Å². The van der Waals surface area contributed by atoms with Crippen LogP contribution in [-0.2, 0) is 6.54 Å². The van der Waals surface area contributed by atoms with Gasteiger partial charge in [0.15, 0.2) is 0 Å². The van der Waals surface area contributed by atoms with Crippen LogP contribution < -0.4 is 10.5 Å². The number of aliphatic hydroxyl groups is 1. The predicted molar refractivity (Wildman–Crippen MR) is 62.6 cm³/mol. The highest BCUT2D eigenvalue weighted by Gasteiger charge is 2.06. The van der Waals surface area contributed by atoms with Crippen molar-refractivity contribution in [3.8, 4) is 0 Å². The summed E-state index contributed by atoms with van der Waals surface area (Å²) >= 11 is 3.13. The van der Waals surface area contributed by atoms with Gasteiger partial charge in [0, 0.05) is 25.5 Å². The second kappa shape index (κ2) is 5.27. The molecule has 1 atom stereocenters. The SMILES string of the molecule is CN(C)c1cnn(CC(O)CBr)c(=O)c1. The Labute approximate surface area is 96.5 Å². The number of anilines is 1. The van der Waals surface area contributed by atoms with Crippen LogP contribution in [0.4, 0.5) is 5.69 Å². The highest BCUT2D eigenvalue weighted by atomic mass is 79.9. The number of alkyl halides is 1. The van der Waals surface area contributed by atoms with Gasteiger partial charge in [-0.05, 0) is 0 Å². The van der Waals surface area contributed by atoms with Gasteiger partial charge in [-0.25, -0.2) is 4.68 Å². The fraction of sp³-hybridized carbons (Fsp3) is 0.556. The number of rotatable bonds is 4. The molecule has 0 aliphatic heterocycles. The third-order valence-electron chi connectivity index (χ3n) is 1.93. The average molecular weight is 276 g/mol. The van der Waals surface area contributed by atoms with Gasteiger partial charge in [-0.1, -0.05) is 15.9 Å². The Balaban J connectivity index is 2.89. The zero-order valence-corrected chi connectivity index (χ0v) is 10.3. The van der Waals surface area contributed by atoms with Crippen LogP contribution in [0.15, 0.2) is 17.1 Å². The van der Waals surface area contributed by atoms with Crippen LogP contribution in [0.1, 0.15) is 0 Å². The molecule has 0 saturated heterocycles. The summed E-state index contributed by atoms with van der Waals surface area (Å²) in [6.07, 6.45) is 1.00. The number of halogens is 1. The van der Waals surface area contributed by atoms with Crippen molar-refractivity contribution in [1.29, 1.82) is 0 Å². The Morgan fingerprint density at radius 1 is 1.67 bits per heavy atom. The summed E-state index contributed by atoms with van der Waals surface area (Å²) in [5.41, 5.74) is 0.547. The largest absolute Gasteiger partial charge is 0.390 e. The molecule has 84 valence electrons. The van der Waals surface area contributed by atoms with E-state index >= 15 is 0 Å². The Morgan fingerprint density at radius 2 is 2.33 bits per heavy atom. The molecule has 0 aliphatic rings. The van der Waals surface area contributed by atoms with Gasteiger partial charge in [0.05, 0.1) is 24.5 Å². The number of hydrogen-bond donors (Lipinski definition) is 1. The minimum absolute atomic E-state index is 0.206. The molecule has 0 saturated carbocycles.